The summed E-state index contributed by atoms with van der Waals surface area (Å²) in [5.41, 5.74) is 8.43. The molecule has 1 aliphatic heterocycles. The van der Waals surface area contributed by atoms with Gasteiger partial charge in [-0.3, -0.25) is 4.98 Å². The summed E-state index contributed by atoms with van der Waals surface area (Å²) in [4.78, 5) is 9.24. The molecule has 0 saturated heterocycles. The van der Waals surface area contributed by atoms with E-state index in [1.165, 1.54) is 11.9 Å². The predicted molar refractivity (Wildman–Crippen MR) is 108 cm³/mol. The lowest BCUT2D eigenvalue weighted by atomic mass is 10.1. The Labute approximate surface area is 168 Å². The van der Waals surface area contributed by atoms with Crippen molar-refractivity contribution in [2.75, 3.05) is 10.1 Å². The molecule has 3 N–H and O–H groups in total. The van der Waals surface area contributed by atoms with Crippen molar-refractivity contribution >= 4 is 39.4 Å². The highest BCUT2D eigenvalue weighted by atomic mass is 79.9. The van der Waals surface area contributed by atoms with Gasteiger partial charge in [0.1, 0.15) is 5.82 Å². The molecule has 0 atom stereocenters. The minimum Gasteiger partial charge on any atom is -0.323 e. The topological polar surface area (TPSA) is 61.9 Å². The molecule has 1 aliphatic rings. The van der Waals surface area contributed by atoms with Gasteiger partial charge in [0.25, 0.3) is 0 Å². The Morgan fingerprint density at radius 2 is 2.11 bits per heavy atom. The summed E-state index contributed by atoms with van der Waals surface area (Å²) in [5, 5.41) is 0. The fraction of sp³-hybridized carbons (Fsp3) is 0.0526. The number of pyridine rings is 2. The lowest BCUT2D eigenvalue weighted by molar-refractivity contribution is 0.629. The van der Waals surface area contributed by atoms with Gasteiger partial charge in [-0.15, -0.1) is 0 Å². The normalized spacial score (nSPS) is 11.9. The second-order valence-corrected chi connectivity index (χ2v) is 7.47. The van der Waals surface area contributed by atoms with Crippen LogP contribution in [0.25, 0.3) is 0 Å². The predicted octanol–water partition coefficient (Wildman–Crippen LogP) is 4.33. The molecule has 134 valence electrons. The Balaban J connectivity index is 1.52. The van der Waals surface area contributed by atoms with Crippen molar-refractivity contribution in [2.45, 2.75) is 11.4 Å². The van der Waals surface area contributed by atoms with E-state index < -0.39 is 5.82 Å². The van der Waals surface area contributed by atoms with Gasteiger partial charge in [-0.2, -0.15) is 0 Å². The van der Waals surface area contributed by atoms with Crippen molar-refractivity contribution in [3.63, 3.8) is 0 Å². The average Bonchev–Trinajstić information content (AvgIpc) is 3.14. The van der Waals surface area contributed by atoms with Crippen molar-refractivity contribution in [3.05, 3.63) is 75.9 Å². The maximum absolute atomic E-state index is 14.7. The van der Waals surface area contributed by atoms with Crippen molar-refractivity contribution in [3.8, 4) is 11.8 Å². The van der Waals surface area contributed by atoms with Gasteiger partial charge in [-0.05, 0) is 52.1 Å². The fourth-order valence-electron chi connectivity index (χ4n) is 2.46. The zero-order chi connectivity index (χ0) is 18.6. The number of hydrogen-bond donors (Lipinski definition) is 3. The number of nitrogens with zero attached hydrogens (tertiary/aromatic N) is 2. The van der Waals surface area contributed by atoms with E-state index in [1.807, 2.05) is 12.1 Å². The van der Waals surface area contributed by atoms with Gasteiger partial charge in [-0.1, -0.05) is 17.9 Å². The van der Waals surface area contributed by atoms with Gasteiger partial charge in [0.2, 0.25) is 0 Å². The molecule has 8 heteroatoms. The molecule has 27 heavy (non-hydrogen) atoms. The lowest BCUT2D eigenvalue weighted by Gasteiger charge is -2.07. The molecular weight excluding hydrogens is 429 g/mol. The smallest absolute Gasteiger partial charge is 0.162 e. The largest absolute Gasteiger partial charge is 0.323 e. The molecule has 1 aromatic carbocycles. The molecule has 0 fully saturated rings. The van der Waals surface area contributed by atoms with Crippen molar-refractivity contribution in [2.24, 2.45) is 0 Å². The van der Waals surface area contributed by atoms with Crippen LogP contribution >= 0.6 is 27.9 Å². The Morgan fingerprint density at radius 3 is 3.00 bits per heavy atom. The first-order chi connectivity index (χ1) is 13.2. The Morgan fingerprint density at radius 1 is 1.19 bits per heavy atom. The molecular formula is C19H13BrFN5S. The number of nitrogens with one attached hydrogen (secondary N) is 3. The molecule has 0 unspecified atom stereocenters. The quantitative estimate of drug-likeness (QED) is 0.415. The summed E-state index contributed by atoms with van der Waals surface area (Å²) in [7, 11) is 0. The van der Waals surface area contributed by atoms with E-state index in [9.17, 15) is 4.39 Å². The minimum absolute atomic E-state index is 0.324. The van der Waals surface area contributed by atoms with Crippen LogP contribution in [0.4, 0.5) is 15.9 Å². The van der Waals surface area contributed by atoms with Gasteiger partial charge in [0.05, 0.1) is 11.3 Å². The molecule has 0 saturated carbocycles. The first kappa shape index (κ1) is 17.8. The van der Waals surface area contributed by atoms with Crippen LogP contribution in [0.15, 0.2) is 58.3 Å². The van der Waals surface area contributed by atoms with Crippen molar-refractivity contribution in [1.29, 1.82) is 0 Å². The number of anilines is 2. The van der Waals surface area contributed by atoms with Crippen LogP contribution in [-0.4, -0.2) is 9.97 Å². The van der Waals surface area contributed by atoms with Crippen LogP contribution < -0.4 is 15.6 Å². The number of benzene rings is 1. The molecule has 0 spiro atoms. The van der Waals surface area contributed by atoms with Gasteiger partial charge < -0.3 is 10.1 Å². The van der Waals surface area contributed by atoms with Gasteiger partial charge >= 0.3 is 0 Å². The summed E-state index contributed by atoms with van der Waals surface area (Å²) in [6, 6.07) is 8.94. The van der Waals surface area contributed by atoms with E-state index in [0.717, 1.165) is 26.3 Å². The number of hydrazine groups is 1. The van der Waals surface area contributed by atoms with E-state index in [0.29, 0.717) is 17.8 Å². The first-order valence-corrected chi connectivity index (χ1v) is 9.62. The van der Waals surface area contributed by atoms with Gasteiger partial charge in [0, 0.05) is 45.6 Å². The highest BCUT2D eigenvalue weighted by Crippen LogP contribution is 2.26. The van der Waals surface area contributed by atoms with Crippen LogP contribution in [-0.2, 0) is 6.54 Å². The SMILES string of the molecule is Fc1c(C#Cc2cnc3c(c2)CNN3)cccc1NSc1cncc(Br)c1. The zero-order valence-electron chi connectivity index (χ0n) is 13.9. The van der Waals surface area contributed by atoms with E-state index >= 15 is 0 Å². The monoisotopic (exact) mass is 441 g/mol. The summed E-state index contributed by atoms with van der Waals surface area (Å²) in [5.74, 6) is 6.29. The molecule has 0 radical (unpaired) electrons. The summed E-state index contributed by atoms with van der Waals surface area (Å²) < 4.78 is 18.6. The molecule has 4 rings (SSSR count). The van der Waals surface area contributed by atoms with E-state index in [4.69, 9.17) is 0 Å². The van der Waals surface area contributed by atoms with Crippen LogP contribution in [0.3, 0.4) is 0 Å². The number of hydrogen-bond acceptors (Lipinski definition) is 6. The third-order valence-electron chi connectivity index (χ3n) is 3.75. The third kappa shape index (κ3) is 4.22. The molecule has 2 aromatic heterocycles. The molecule has 3 heterocycles. The zero-order valence-corrected chi connectivity index (χ0v) is 16.3. The second kappa shape index (κ2) is 7.96. The molecule has 0 bridgehead atoms. The Kier molecular flexibility index (Phi) is 5.25. The fourth-order valence-corrected chi connectivity index (χ4v) is 3.66. The number of aromatic nitrogens is 2. The van der Waals surface area contributed by atoms with E-state index in [2.05, 4.69) is 53.3 Å². The van der Waals surface area contributed by atoms with Crippen LogP contribution in [0.2, 0.25) is 0 Å². The minimum atomic E-state index is -0.391. The molecule has 5 nitrogen and oxygen atoms in total. The van der Waals surface area contributed by atoms with E-state index in [-0.39, 0.29) is 0 Å². The lowest BCUT2D eigenvalue weighted by Crippen LogP contribution is -2.11. The summed E-state index contributed by atoms with van der Waals surface area (Å²) in [6.45, 7) is 0.688. The first-order valence-electron chi connectivity index (χ1n) is 8.01. The van der Waals surface area contributed by atoms with Gasteiger partial charge in [0.15, 0.2) is 5.82 Å². The highest BCUT2D eigenvalue weighted by molar-refractivity contribution is 9.10. The maximum atomic E-state index is 14.7. The standard InChI is InChI=1S/C19H13BrFN5S/c20-15-7-16(11-22-10-15)27-26-17-3-1-2-13(18(17)21)5-4-12-6-14-9-24-25-19(14)23-8-12/h1-3,6-8,10-11,24,26H,9H2,(H,23,25). The average molecular weight is 442 g/mol. The molecule has 3 aromatic rings. The number of fused-ring (bicyclic) bond motifs is 1. The summed E-state index contributed by atoms with van der Waals surface area (Å²) in [6.07, 6.45) is 5.07. The molecule has 0 aliphatic carbocycles. The number of halogens is 2. The van der Waals surface area contributed by atoms with E-state index in [1.54, 1.807) is 36.8 Å². The van der Waals surface area contributed by atoms with Crippen molar-refractivity contribution < 1.29 is 4.39 Å². The maximum Gasteiger partial charge on any atom is 0.162 e. The highest BCUT2D eigenvalue weighted by Gasteiger charge is 2.10. The number of rotatable bonds is 3. The summed E-state index contributed by atoms with van der Waals surface area (Å²) >= 11 is 4.65. The Bertz CT molecular complexity index is 1060. The Hall–Kier alpha value is -2.60. The van der Waals surface area contributed by atoms with Crippen LogP contribution in [0.1, 0.15) is 16.7 Å². The van der Waals surface area contributed by atoms with Crippen molar-refractivity contribution in [1.82, 2.24) is 15.4 Å². The van der Waals surface area contributed by atoms with Crippen LogP contribution in [0, 0.1) is 17.7 Å². The van der Waals surface area contributed by atoms with Crippen LogP contribution in [0.5, 0.6) is 0 Å². The molecule has 0 amide bonds. The third-order valence-corrected chi connectivity index (χ3v) is 4.97. The second-order valence-electron chi connectivity index (χ2n) is 5.67. The van der Waals surface area contributed by atoms with Gasteiger partial charge in [-0.25, -0.2) is 14.8 Å².